The summed E-state index contributed by atoms with van der Waals surface area (Å²) in [5.41, 5.74) is 4.03. The van der Waals surface area contributed by atoms with Gasteiger partial charge in [-0.25, -0.2) is 22.1 Å². The van der Waals surface area contributed by atoms with Gasteiger partial charge in [0.15, 0.2) is 5.71 Å². The van der Waals surface area contributed by atoms with Crippen molar-refractivity contribution < 1.29 is 63.5 Å². The zero-order chi connectivity index (χ0) is 44.8. The predicted molar refractivity (Wildman–Crippen MR) is 231 cm³/mol. The maximum Gasteiger partial charge on any atom is 0.306 e. The highest BCUT2D eigenvalue weighted by atomic mass is 32.2. The van der Waals surface area contributed by atoms with Crippen molar-refractivity contribution in [1.82, 2.24) is 4.31 Å². The SMILES string of the molecule is CC1(C)C(/C=C/C=C/C=C/C=C2/N(CCCCS(=O)(=O)O)c3ccc(S(=O)(=O)N4CCC(C(=O)O)CC4)cc3C2(C)C)=[N+](CCCCS(=O)(=O)[O-])c2ccc(SOOO)cc21. The molecule has 20 heteroatoms. The Labute approximate surface area is 362 Å². The van der Waals surface area contributed by atoms with E-state index >= 15 is 0 Å². The molecule has 0 radical (unpaired) electrons. The molecule has 2 aromatic rings. The highest BCUT2D eigenvalue weighted by Gasteiger charge is 2.45. The number of carboxylic acid groups (broad SMARTS) is 1. The minimum atomic E-state index is -4.34. The molecule has 0 amide bonds. The van der Waals surface area contributed by atoms with E-state index in [1.165, 1.54) is 4.31 Å². The third-order valence-corrected chi connectivity index (χ3v) is 15.4. The fourth-order valence-corrected chi connectivity index (χ4v) is 11.2. The van der Waals surface area contributed by atoms with Gasteiger partial charge in [-0.2, -0.15) is 17.3 Å². The van der Waals surface area contributed by atoms with Crippen LogP contribution in [-0.2, 0) is 55.3 Å². The molecular weight excluding hydrogens is 871 g/mol. The first-order valence-electron chi connectivity index (χ1n) is 19.8. The van der Waals surface area contributed by atoms with Crippen LogP contribution in [0.4, 0.5) is 11.4 Å². The number of hydrogen-bond donors (Lipinski definition) is 3. The fraction of sp³-hybridized carbons (Fsp3) is 0.463. The summed E-state index contributed by atoms with van der Waals surface area (Å²) >= 11 is 0.843. The first-order valence-corrected chi connectivity index (χ1v) is 25.1. The molecular formula is C41H53N3O13S4. The molecule has 0 bridgehead atoms. The van der Waals surface area contributed by atoms with Gasteiger partial charge in [-0.1, -0.05) is 49.3 Å². The van der Waals surface area contributed by atoms with Crippen LogP contribution in [0.2, 0.25) is 0 Å². The number of rotatable bonds is 20. The first kappa shape index (κ1) is 48.3. The van der Waals surface area contributed by atoms with Crippen molar-refractivity contribution in [2.75, 3.05) is 42.6 Å². The molecule has 3 aliphatic heterocycles. The Morgan fingerprint density at radius 3 is 2.21 bits per heavy atom. The van der Waals surface area contributed by atoms with E-state index in [0.717, 1.165) is 46.0 Å². The highest BCUT2D eigenvalue weighted by molar-refractivity contribution is 7.94. The second-order valence-corrected chi connectivity index (χ2v) is 22.0. The molecule has 3 N–H and O–H groups in total. The standard InChI is InChI=1S/C41H53N3O13S4/c1-40(2)33-28-31(58-57-56-47)16-18-35(33)43(22-10-12-26-59(48,49)50)37(40)14-8-6-5-7-9-15-38-41(3,4)34-29-32(61(54,55)42-24-20-30(21-25-42)39(45)46)17-19-36(34)44(38)23-11-13-27-60(51,52)53/h5-9,14-19,28-30H,10-13,20-27H2,1-4H3,(H3-,45,46,47,48,49,50,51,52,53). The summed E-state index contributed by atoms with van der Waals surface area (Å²) in [7, 11) is -12.4. The number of hydrogen-bond acceptors (Lipinski definition) is 13. The van der Waals surface area contributed by atoms with Crippen LogP contribution in [0.5, 0.6) is 0 Å². The summed E-state index contributed by atoms with van der Waals surface area (Å²) in [5.74, 6) is -2.35. The van der Waals surface area contributed by atoms with Crippen LogP contribution in [0, 0.1) is 5.92 Å². The van der Waals surface area contributed by atoms with E-state index in [-0.39, 0.29) is 49.4 Å². The average molecular weight is 924 g/mol. The molecule has 1 fully saturated rings. The van der Waals surface area contributed by atoms with Crippen molar-refractivity contribution in [1.29, 1.82) is 0 Å². The number of piperidine rings is 1. The second kappa shape index (κ2) is 19.8. The Morgan fingerprint density at radius 2 is 1.56 bits per heavy atom. The highest BCUT2D eigenvalue weighted by Crippen LogP contribution is 2.49. The van der Waals surface area contributed by atoms with Crippen LogP contribution in [0.1, 0.15) is 77.3 Å². The molecule has 2 aromatic carbocycles. The number of nitrogens with zero attached hydrogens (tertiary/aromatic N) is 3. The zero-order valence-electron chi connectivity index (χ0n) is 34.5. The van der Waals surface area contributed by atoms with Crippen molar-refractivity contribution in [3.8, 4) is 0 Å². The lowest BCUT2D eigenvalue weighted by Crippen LogP contribution is -2.40. The topological polar surface area (TPSA) is 231 Å². The Hall–Kier alpha value is -3.70. The van der Waals surface area contributed by atoms with Gasteiger partial charge in [-0.15, -0.1) is 4.33 Å². The Morgan fingerprint density at radius 1 is 0.885 bits per heavy atom. The van der Waals surface area contributed by atoms with Crippen LogP contribution in [0.3, 0.4) is 0 Å². The summed E-state index contributed by atoms with van der Waals surface area (Å²) in [5, 5.41) is 21.8. The summed E-state index contributed by atoms with van der Waals surface area (Å²) < 4.78 is 101. The first-order chi connectivity index (χ1) is 28.6. The van der Waals surface area contributed by atoms with Crippen LogP contribution in [-0.4, -0.2) is 103 Å². The largest absolute Gasteiger partial charge is 0.748 e. The minimum absolute atomic E-state index is 0.107. The fourth-order valence-electron chi connectivity index (χ4n) is 8.14. The molecule has 0 unspecified atom stereocenters. The Balaban J connectivity index is 1.38. The monoisotopic (exact) mass is 923 g/mol. The molecule has 16 nitrogen and oxygen atoms in total. The summed E-state index contributed by atoms with van der Waals surface area (Å²) in [6.45, 7) is 9.16. The van der Waals surface area contributed by atoms with Crippen molar-refractivity contribution in [2.24, 2.45) is 5.92 Å². The number of fused-ring (bicyclic) bond motifs is 2. The van der Waals surface area contributed by atoms with Crippen LogP contribution >= 0.6 is 12.0 Å². The normalized spacial score (nSPS) is 19.3. The Bertz CT molecular complexity index is 2450. The number of allylic oxidation sites excluding steroid dienone is 8. The second-order valence-electron chi connectivity index (χ2n) is 16.2. The number of carboxylic acids is 1. The molecule has 3 aliphatic rings. The van der Waals surface area contributed by atoms with Crippen molar-refractivity contribution in [3.63, 3.8) is 0 Å². The third kappa shape index (κ3) is 11.9. The van der Waals surface area contributed by atoms with Crippen LogP contribution < -0.4 is 4.90 Å². The van der Waals surface area contributed by atoms with Gasteiger partial charge in [0.1, 0.15) is 6.54 Å². The van der Waals surface area contributed by atoms with E-state index in [1.807, 2.05) is 73.4 Å². The number of aliphatic carboxylic acids is 1. The molecule has 0 spiro atoms. The third-order valence-electron chi connectivity index (χ3n) is 11.3. The van der Waals surface area contributed by atoms with Gasteiger partial charge in [0, 0.05) is 71.2 Å². The molecule has 0 aromatic heterocycles. The molecule has 334 valence electrons. The quantitative estimate of drug-likeness (QED) is 0.0251. The van der Waals surface area contributed by atoms with E-state index in [4.69, 9.17) is 5.26 Å². The van der Waals surface area contributed by atoms with Crippen LogP contribution in [0.25, 0.3) is 0 Å². The van der Waals surface area contributed by atoms with E-state index in [1.54, 1.807) is 24.3 Å². The Kier molecular flexibility index (Phi) is 15.7. The van der Waals surface area contributed by atoms with Gasteiger partial charge in [0.2, 0.25) is 15.7 Å². The van der Waals surface area contributed by atoms with Crippen molar-refractivity contribution >= 4 is 65.4 Å². The molecule has 3 heterocycles. The maximum absolute atomic E-state index is 13.8. The summed E-state index contributed by atoms with van der Waals surface area (Å²) in [4.78, 5) is 14.3. The number of anilines is 1. The number of carbonyl (C=O) groups is 1. The summed E-state index contributed by atoms with van der Waals surface area (Å²) in [6.07, 6.45) is 15.0. The van der Waals surface area contributed by atoms with Crippen LogP contribution in [0.15, 0.2) is 94.4 Å². The van der Waals surface area contributed by atoms with Gasteiger partial charge in [-0.05, 0) is 87.9 Å². The van der Waals surface area contributed by atoms with Gasteiger partial charge < -0.3 is 14.6 Å². The molecule has 0 saturated carbocycles. The molecule has 1 saturated heterocycles. The minimum Gasteiger partial charge on any atom is -0.748 e. The van der Waals surface area contributed by atoms with Gasteiger partial charge >= 0.3 is 5.97 Å². The smallest absolute Gasteiger partial charge is 0.306 e. The molecule has 0 atom stereocenters. The predicted octanol–water partition coefficient (Wildman–Crippen LogP) is 6.32. The summed E-state index contributed by atoms with van der Waals surface area (Å²) in [6, 6.07) is 10.6. The van der Waals surface area contributed by atoms with Gasteiger partial charge in [0.05, 0.1) is 44.1 Å². The van der Waals surface area contributed by atoms with Crippen molar-refractivity contribution in [3.05, 3.63) is 95.8 Å². The molecule has 61 heavy (non-hydrogen) atoms. The van der Waals surface area contributed by atoms with E-state index in [0.29, 0.717) is 30.8 Å². The lowest BCUT2D eigenvalue weighted by atomic mass is 9.81. The average Bonchev–Trinajstić information content (AvgIpc) is 3.53. The number of sulfonamides is 1. The number of unbranched alkanes of at least 4 members (excludes halogenated alkanes) is 2. The molecule has 0 aliphatic carbocycles. The van der Waals surface area contributed by atoms with E-state index < -0.39 is 58.7 Å². The number of benzene rings is 2. The van der Waals surface area contributed by atoms with Gasteiger partial charge in [0.25, 0.3) is 10.1 Å². The van der Waals surface area contributed by atoms with Crippen molar-refractivity contribution in [2.45, 2.75) is 86.8 Å². The lowest BCUT2D eigenvalue weighted by Gasteiger charge is -2.29. The van der Waals surface area contributed by atoms with E-state index in [9.17, 15) is 44.3 Å². The molecule has 5 rings (SSSR count). The van der Waals surface area contributed by atoms with E-state index in [2.05, 4.69) is 27.8 Å². The van der Waals surface area contributed by atoms with Gasteiger partial charge in [-0.3, -0.25) is 9.35 Å². The maximum atomic E-state index is 13.8. The lowest BCUT2D eigenvalue weighted by molar-refractivity contribution is -0.438. The zero-order valence-corrected chi connectivity index (χ0v) is 37.7.